The SMILES string of the molecule is O=C(NCCCO)/C(=C\c1ccccc1)NC(=O)c1ccc(Br)o1. The Kier molecular flexibility index (Phi) is 6.77. The molecule has 0 aliphatic rings. The van der Waals surface area contributed by atoms with Gasteiger partial charge in [0.15, 0.2) is 10.4 Å². The fraction of sp³-hybridized carbons (Fsp3) is 0.176. The number of furan rings is 1. The van der Waals surface area contributed by atoms with Crippen LogP contribution in [0.5, 0.6) is 0 Å². The molecule has 3 N–H and O–H groups in total. The lowest BCUT2D eigenvalue weighted by atomic mass is 10.2. The molecule has 0 aliphatic carbocycles. The molecule has 0 bridgehead atoms. The van der Waals surface area contributed by atoms with Crippen molar-refractivity contribution in [1.82, 2.24) is 10.6 Å². The van der Waals surface area contributed by atoms with Crippen molar-refractivity contribution in [2.24, 2.45) is 0 Å². The summed E-state index contributed by atoms with van der Waals surface area (Å²) in [7, 11) is 0. The minimum atomic E-state index is -0.528. The molecule has 0 fully saturated rings. The standard InChI is InChI=1S/C17H17BrN2O4/c18-15-8-7-14(24-15)17(23)20-13(16(22)19-9-4-10-21)11-12-5-2-1-3-6-12/h1-3,5-8,11,21H,4,9-10H2,(H,19,22)(H,20,23)/b13-11+. The summed E-state index contributed by atoms with van der Waals surface area (Å²) >= 11 is 3.13. The van der Waals surface area contributed by atoms with Gasteiger partial charge in [-0.25, -0.2) is 0 Å². The maximum Gasteiger partial charge on any atom is 0.291 e. The zero-order chi connectivity index (χ0) is 17.4. The molecule has 1 aromatic heterocycles. The second-order valence-corrected chi connectivity index (χ2v) is 5.64. The van der Waals surface area contributed by atoms with E-state index in [1.54, 1.807) is 12.1 Å². The third-order valence-corrected chi connectivity index (χ3v) is 3.45. The number of halogens is 1. The Morgan fingerprint density at radius 1 is 1.17 bits per heavy atom. The Bertz CT molecular complexity index is 725. The first-order valence-corrected chi connectivity index (χ1v) is 8.12. The molecular weight excluding hydrogens is 376 g/mol. The van der Waals surface area contributed by atoms with Crippen LogP contribution in [0.2, 0.25) is 0 Å². The molecule has 2 aromatic rings. The van der Waals surface area contributed by atoms with Crippen LogP contribution in [0.4, 0.5) is 0 Å². The Labute approximate surface area is 147 Å². The molecular formula is C17H17BrN2O4. The number of hydrogen-bond donors (Lipinski definition) is 3. The molecule has 1 heterocycles. The zero-order valence-corrected chi connectivity index (χ0v) is 14.4. The zero-order valence-electron chi connectivity index (χ0n) is 12.8. The Balaban J connectivity index is 2.17. The van der Waals surface area contributed by atoms with E-state index in [0.717, 1.165) is 5.56 Å². The lowest BCUT2D eigenvalue weighted by molar-refractivity contribution is -0.117. The van der Waals surface area contributed by atoms with Crippen LogP contribution in [-0.4, -0.2) is 30.1 Å². The van der Waals surface area contributed by atoms with E-state index in [1.807, 2.05) is 30.3 Å². The van der Waals surface area contributed by atoms with Gasteiger partial charge in [0.25, 0.3) is 11.8 Å². The van der Waals surface area contributed by atoms with Crippen LogP contribution < -0.4 is 10.6 Å². The summed E-state index contributed by atoms with van der Waals surface area (Å²) in [4.78, 5) is 24.5. The minimum Gasteiger partial charge on any atom is -0.444 e. The van der Waals surface area contributed by atoms with E-state index in [-0.39, 0.29) is 18.1 Å². The summed E-state index contributed by atoms with van der Waals surface area (Å²) in [6, 6.07) is 12.3. The highest BCUT2D eigenvalue weighted by Crippen LogP contribution is 2.14. The third kappa shape index (κ3) is 5.36. The Morgan fingerprint density at radius 3 is 2.54 bits per heavy atom. The normalized spacial score (nSPS) is 11.2. The Hall–Kier alpha value is -2.38. The Morgan fingerprint density at radius 2 is 1.92 bits per heavy atom. The number of nitrogens with one attached hydrogen (secondary N) is 2. The molecule has 0 aliphatic heterocycles. The molecule has 0 atom stereocenters. The molecule has 126 valence electrons. The van der Waals surface area contributed by atoms with Crippen molar-refractivity contribution in [3.8, 4) is 0 Å². The van der Waals surface area contributed by atoms with E-state index >= 15 is 0 Å². The van der Waals surface area contributed by atoms with E-state index in [4.69, 9.17) is 9.52 Å². The van der Waals surface area contributed by atoms with Crippen LogP contribution in [0.1, 0.15) is 22.5 Å². The molecule has 2 rings (SSSR count). The highest BCUT2D eigenvalue weighted by atomic mass is 79.9. The van der Waals surface area contributed by atoms with E-state index in [1.165, 1.54) is 6.07 Å². The van der Waals surface area contributed by atoms with Gasteiger partial charge in [-0.15, -0.1) is 0 Å². The predicted molar refractivity (Wildman–Crippen MR) is 93.0 cm³/mol. The van der Waals surface area contributed by atoms with Crippen LogP contribution in [-0.2, 0) is 4.79 Å². The number of aliphatic hydroxyl groups excluding tert-OH is 1. The minimum absolute atomic E-state index is 0.0230. The van der Waals surface area contributed by atoms with Crippen molar-refractivity contribution in [3.05, 3.63) is 64.2 Å². The van der Waals surface area contributed by atoms with Crippen molar-refractivity contribution >= 4 is 33.8 Å². The number of aliphatic hydroxyl groups is 1. The number of benzene rings is 1. The smallest absolute Gasteiger partial charge is 0.291 e. The first kappa shape index (κ1) is 18.0. The molecule has 0 radical (unpaired) electrons. The van der Waals surface area contributed by atoms with Gasteiger partial charge in [-0.2, -0.15) is 0 Å². The van der Waals surface area contributed by atoms with Gasteiger partial charge in [0, 0.05) is 13.2 Å². The molecule has 0 saturated heterocycles. The van der Waals surface area contributed by atoms with Gasteiger partial charge in [-0.3, -0.25) is 9.59 Å². The quantitative estimate of drug-likeness (QED) is 0.497. The molecule has 0 unspecified atom stereocenters. The fourth-order valence-corrected chi connectivity index (χ4v) is 2.18. The maximum atomic E-state index is 12.3. The van der Waals surface area contributed by atoms with Gasteiger partial charge in [0.1, 0.15) is 5.70 Å². The number of carbonyl (C=O) groups is 2. The van der Waals surface area contributed by atoms with Gasteiger partial charge in [-0.1, -0.05) is 30.3 Å². The molecule has 24 heavy (non-hydrogen) atoms. The molecule has 7 heteroatoms. The van der Waals surface area contributed by atoms with Crippen LogP contribution >= 0.6 is 15.9 Å². The molecule has 2 amide bonds. The summed E-state index contributed by atoms with van der Waals surface area (Å²) in [5.41, 5.74) is 0.863. The van der Waals surface area contributed by atoms with Crippen molar-refractivity contribution < 1.29 is 19.1 Å². The number of carbonyl (C=O) groups excluding carboxylic acids is 2. The molecule has 6 nitrogen and oxygen atoms in total. The second-order valence-electron chi connectivity index (χ2n) is 4.86. The van der Waals surface area contributed by atoms with E-state index in [2.05, 4.69) is 26.6 Å². The summed E-state index contributed by atoms with van der Waals surface area (Å²) in [6.07, 6.45) is 2.01. The first-order valence-electron chi connectivity index (χ1n) is 7.32. The molecule has 0 saturated carbocycles. The van der Waals surface area contributed by atoms with Gasteiger partial charge < -0.3 is 20.2 Å². The summed E-state index contributed by atoms with van der Waals surface area (Å²) in [6.45, 7) is 0.286. The highest BCUT2D eigenvalue weighted by Gasteiger charge is 2.16. The number of rotatable bonds is 7. The summed E-state index contributed by atoms with van der Waals surface area (Å²) < 4.78 is 5.61. The molecule has 1 aromatic carbocycles. The lowest BCUT2D eigenvalue weighted by Crippen LogP contribution is -2.35. The van der Waals surface area contributed by atoms with Crippen molar-refractivity contribution in [2.45, 2.75) is 6.42 Å². The van der Waals surface area contributed by atoms with Gasteiger partial charge >= 0.3 is 0 Å². The second kappa shape index (κ2) is 9.05. The predicted octanol–water partition coefficient (Wildman–Crippen LogP) is 2.31. The summed E-state index contributed by atoms with van der Waals surface area (Å²) in [5.74, 6) is -0.879. The average Bonchev–Trinajstić information content (AvgIpc) is 3.02. The van der Waals surface area contributed by atoms with Crippen molar-refractivity contribution in [3.63, 3.8) is 0 Å². The maximum absolute atomic E-state index is 12.3. The third-order valence-electron chi connectivity index (χ3n) is 3.02. The van der Waals surface area contributed by atoms with Gasteiger partial charge in [0.05, 0.1) is 0 Å². The van der Waals surface area contributed by atoms with Crippen LogP contribution in [0.15, 0.2) is 57.2 Å². The largest absolute Gasteiger partial charge is 0.444 e. The van der Waals surface area contributed by atoms with Crippen LogP contribution in [0.3, 0.4) is 0 Å². The van der Waals surface area contributed by atoms with Crippen molar-refractivity contribution in [1.29, 1.82) is 0 Å². The van der Waals surface area contributed by atoms with E-state index < -0.39 is 11.8 Å². The average molecular weight is 393 g/mol. The fourth-order valence-electron chi connectivity index (χ4n) is 1.87. The topological polar surface area (TPSA) is 91.6 Å². The molecule has 0 spiro atoms. The van der Waals surface area contributed by atoms with E-state index in [0.29, 0.717) is 17.6 Å². The van der Waals surface area contributed by atoms with Crippen LogP contribution in [0, 0.1) is 0 Å². The number of amides is 2. The summed E-state index contributed by atoms with van der Waals surface area (Å²) in [5, 5.41) is 14.0. The van der Waals surface area contributed by atoms with Crippen molar-refractivity contribution in [2.75, 3.05) is 13.2 Å². The monoisotopic (exact) mass is 392 g/mol. The highest BCUT2D eigenvalue weighted by molar-refractivity contribution is 9.10. The number of hydrogen-bond acceptors (Lipinski definition) is 4. The van der Waals surface area contributed by atoms with E-state index in [9.17, 15) is 9.59 Å². The van der Waals surface area contributed by atoms with Crippen LogP contribution in [0.25, 0.3) is 6.08 Å². The van der Waals surface area contributed by atoms with Gasteiger partial charge in [-0.05, 0) is 46.1 Å². The first-order chi connectivity index (χ1) is 11.6. The van der Waals surface area contributed by atoms with Gasteiger partial charge in [0.2, 0.25) is 0 Å². The lowest BCUT2D eigenvalue weighted by Gasteiger charge is -2.10.